The number of carbonyl (C=O) groups is 7. The predicted molar refractivity (Wildman–Crippen MR) is 235 cm³/mol. The summed E-state index contributed by atoms with van der Waals surface area (Å²) in [6, 6.07) is -7.83. The van der Waals surface area contributed by atoms with Crippen LogP contribution in [-0.4, -0.2) is 120 Å². The third-order valence-electron chi connectivity index (χ3n) is 9.28. The van der Waals surface area contributed by atoms with E-state index < -0.39 is 83.7 Å². The maximum Gasteiger partial charge on any atom is 0.326 e. The third-order valence-corrected chi connectivity index (χ3v) is 9.65. The molecular weight excluding hydrogens is 797 g/mol. The highest BCUT2D eigenvalue weighted by molar-refractivity contribution is 7.80. The Kier molecular flexibility index (Phi) is 28.6. The number of thiol groups is 1. The van der Waals surface area contributed by atoms with Gasteiger partial charge >= 0.3 is 5.97 Å². The van der Waals surface area contributed by atoms with Crippen molar-refractivity contribution in [3.05, 3.63) is 0 Å². The van der Waals surface area contributed by atoms with Gasteiger partial charge < -0.3 is 65.7 Å². The first-order valence-corrected chi connectivity index (χ1v) is 21.7. The Hall–Kier alpha value is -4.21. The van der Waals surface area contributed by atoms with Crippen LogP contribution in [0.3, 0.4) is 0 Å². The zero-order chi connectivity index (χ0) is 45.9. The van der Waals surface area contributed by atoms with Crippen molar-refractivity contribution in [3.8, 4) is 0 Å². The Morgan fingerprint density at radius 2 is 0.867 bits per heavy atom. The van der Waals surface area contributed by atoms with E-state index in [1.165, 1.54) is 0 Å². The molecule has 7 atom stereocenters. The van der Waals surface area contributed by atoms with Gasteiger partial charge in [0.15, 0.2) is 5.96 Å². The van der Waals surface area contributed by atoms with Crippen LogP contribution in [0.5, 0.6) is 0 Å². The van der Waals surface area contributed by atoms with Crippen molar-refractivity contribution >= 4 is 60.0 Å². The molecular formula is C39H76N12O8S. The molecule has 0 spiro atoms. The Bertz CT molecular complexity index is 1380. The highest BCUT2D eigenvalue weighted by Crippen LogP contribution is 2.12. The quantitative estimate of drug-likeness (QED) is 0.0162. The Morgan fingerprint density at radius 1 is 0.517 bits per heavy atom. The van der Waals surface area contributed by atoms with E-state index >= 15 is 0 Å². The largest absolute Gasteiger partial charge is 0.480 e. The molecule has 0 aromatic carbocycles. The number of guanidine groups is 1. The minimum absolute atomic E-state index is 0.0217. The number of hydrogen-bond donors (Lipinski definition) is 13. The highest BCUT2D eigenvalue weighted by atomic mass is 32.1. The molecule has 0 aliphatic rings. The SMILES string of the molecule is CC(C)CC(NC(=O)C(CC(C)C)NC(=O)C(CC(C)C)NC(=O)C(CS)NC(=O)C(CCCCN)NC(=O)C(CCCN=C(N)N)NC(=O)C(N)CCCCN)C(=O)O. The van der Waals surface area contributed by atoms with Crippen molar-refractivity contribution in [2.24, 2.45) is 51.4 Å². The number of amides is 6. The molecule has 0 fully saturated rings. The molecule has 0 radical (unpaired) electrons. The van der Waals surface area contributed by atoms with Gasteiger partial charge in [0.1, 0.15) is 36.3 Å². The average molecular weight is 873 g/mol. The summed E-state index contributed by atoms with van der Waals surface area (Å²) in [4.78, 5) is 97.1. The van der Waals surface area contributed by atoms with E-state index in [0.717, 1.165) is 0 Å². The molecule has 0 aliphatic carbocycles. The number of nitrogens with zero attached hydrogens (tertiary/aromatic N) is 1. The van der Waals surface area contributed by atoms with Gasteiger partial charge in [-0.2, -0.15) is 12.6 Å². The molecule has 60 heavy (non-hydrogen) atoms. The van der Waals surface area contributed by atoms with Gasteiger partial charge in [-0.3, -0.25) is 33.8 Å². The van der Waals surface area contributed by atoms with Crippen LogP contribution >= 0.6 is 12.6 Å². The van der Waals surface area contributed by atoms with E-state index in [4.69, 9.17) is 28.7 Å². The van der Waals surface area contributed by atoms with Gasteiger partial charge in [-0.1, -0.05) is 48.0 Å². The summed E-state index contributed by atoms with van der Waals surface area (Å²) in [7, 11) is 0. The van der Waals surface area contributed by atoms with Crippen molar-refractivity contribution in [1.82, 2.24) is 31.9 Å². The maximum atomic E-state index is 13.8. The van der Waals surface area contributed by atoms with Gasteiger partial charge in [0.05, 0.1) is 6.04 Å². The van der Waals surface area contributed by atoms with Crippen LogP contribution in [0.4, 0.5) is 0 Å². The number of carboxylic acids is 1. The van der Waals surface area contributed by atoms with Crippen LogP contribution in [0, 0.1) is 17.8 Å². The fraction of sp³-hybridized carbons (Fsp3) is 0.795. The molecule has 0 rings (SSSR count). The van der Waals surface area contributed by atoms with Gasteiger partial charge in [0, 0.05) is 12.3 Å². The molecule has 17 N–H and O–H groups in total. The van der Waals surface area contributed by atoms with Crippen LogP contribution in [0.1, 0.15) is 112 Å². The number of carbonyl (C=O) groups excluding carboxylic acids is 6. The van der Waals surface area contributed by atoms with E-state index in [1.54, 1.807) is 0 Å². The van der Waals surface area contributed by atoms with Gasteiger partial charge in [-0.25, -0.2) is 4.79 Å². The standard InChI is InChI=1S/C39H76N12O8S/c1-22(2)18-28(35(55)48-29(19-23(3)4)36(56)50-30(38(58)59)20-24(5)6)49-37(57)31(21-60)51-34(54)26(13-8-10-16-41)47-33(53)27(14-11-17-45-39(43)44)46-32(52)25(42)12-7-9-15-40/h22-31,60H,7-21,40-42H2,1-6H3,(H,46,52)(H,47,53)(H,48,55)(H,49,57)(H,50,56)(H,51,54)(H,58,59)(H4,43,44,45). The summed E-state index contributed by atoms with van der Waals surface area (Å²) in [5, 5.41) is 25.6. The Morgan fingerprint density at radius 3 is 1.28 bits per heavy atom. The second-order valence-electron chi connectivity index (χ2n) is 16.4. The lowest BCUT2D eigenvalue weighted by Gasteiger charge is -2.28. The van der Waals surface area contributed by atoms with Crippen molar-refractivity contribution in [2.75, 3.05) is 25.4 Å². The van der Waals surface area contributed by atoms with Crippen LogP contribution < -0.4 is 60.6 Å². The van der Waals surface area contributed by atoms with Crippen molar-refractivity contribution in [3.63, 3.8) is 0 Å². The smallest absolute Gasteiger partial charge is 0.326 e. The number of aliphatic carboxylic acids is 1. The number of unbranched alkanes of at least 4 members (excludes halogenated alkanes) is 2. The molecule has 0 aliphatic heterocycles. The molecule has 0 aromatic rings. The fourth-order valence-corrected chi connectivity index (χ4v) is 6.36. The molecule has 0 heterocycles. The monoisotopic (exact) mass is 873 g/mol. The van der Waals surface area contributed by atoms with Crippen LogP contribution in [0.15, 0.2) is 4.99 Å². The lowest BCUT2D eigenvalue weighted by molar-refractivity contribution is -0.143. The topological polar surface area (TPSA) is 354 Å². The lowest BCUT2D eigenvalue weighted by Crippen LogP contribution is -2.60. The van der Waals surface area contributed by atoms with Crippen LogP contribution in [-0.2, 0) is 33.6 Å². The minimum Gasteiger partial charge on any atom is -0.480 e. The predicted octanol–water partition coefficient (Wildman–Crippen LogP) is -1.31. The molecule has 0 aromatic heterocycles. The second kappa shape index (κ2) is 30.8. The van der Waals surface area contributed by atoms with Crippen LogP contribution in [0.2, 0.25) is 0 Å². The summed E-state index contributed by atoms with van der Waals surface area (Å²) in [5.41, 5.74) is 28.2. The van der Waals surface area contributed by atoms with Crippen molar-refractivity contribution < 1.29 is 38.7 Å². The zero-order valence-corrected chi connectivity index (χ0v) is 37.4. The van der Waals surface area contributed by atoms with Gasteiger partial charge in [0.25, 0.3) is 0 Å². The minimum atomic E-state index is -1.26. The van der Waals surface area contributed by atoms with Gasteiger partial charge in [0.2, 0.25) is 35.4 Å². The number of nitrogens with one attached hydrogen (secondary N) is 6. The summed E-state index contributed by atoms with van der Waals surface area (Å²) in [6.45, 7) is 12.0. The Labute approximate surface area is 361 Å². The van der Waals surface area contributed by atoms with Gasteiger partial charge in [-0.15, -0.1) is 0 Å². The molecule has 6 amide bonds. The average Bonchev–Trinajstić information content (AvgIpc) is 3.15. The van der Waals surface area contributed by atoms with E-state index in [2.05, 4.69) is 49.5 Å². The number of rotatable bonds is 32. The maximum absolute atomic E-state index is 13.8. The summed E-state index contributed by atoms with van der Waals surface area (Å²) in [6.07, 6.45) is 3.71. The number of aliphatic imine (C=N–C) groups is 1. The molecule has 0 saturated heterocycles. The molecule has 7 unspecified atom stereocenters. The van der Waals surface area contributed by atoms with E-state index in [-0.39, 0.29) is 68.1 Å². The highest BCUT2D eigenvalue weighted by Gasteiger charge is 2.34. The first-order valence-electron chi connectivity index (χ1n) is 21.0. The first-order chi connectivity index (χ1) is 28.2. The normalized spacial score (nSPS) is 14.8. The Balaban J connectivity index is 6.24. The molecule has 20 nitrogen and oxygen atoms in total. The number of carboxylic acid groups (broad SMARTS) is 1. The summed E-state index contributed by atoms with van der Waals surface area (Å²) >= 11 is 4.30. The van der Waals surface area contributed by atoms with Crippen molar-refractivity contribution in [2.45, 2.75) is 154 Å². The summed E-state index contributed by atoms with van der Waals surface area (Å²) in [5.74, 6) is -5.72. The molecule has 0 bridgehead atoms. The lowest BCUT2D eigenvalue weighted by atomic mass is 9.99. The second-order valence-corrected chi connectivity index (χ2v) is 16.8. The van der Waals surface area contributed by atoms with Gasteiger partial charge in [-0.05, 0) is 95.1 Å². The summed E-state index contributed by atoms with van der Waals surface area (Å²) < 4.78 is 0. The van der Waals surface area contributed by atoms with E-state index in [0.29, 0.717) is 51.6 Å². The van der Waals surface area contributed by atoms with E-state index in [9.17, 15) is 38.7 Å². The third kappa shape index (κ3) is 24.1. The first kappa shape index (κ1) is 55.8. The van der Waals surface area contributed by atoms with E-state index in [1.807, 2.05) is 41.5 Å². The molecule has 0 saturated carbocycles. The fourth-order valence-electron chi connectivity index (χ4n) is 6.11. The molecule has 21 heteroatoms. The molecule has 346 valence electrons. The number of nitrogens with two attached hydrogens (primary N) is 5. The number of hydrogen-bond acceptors (Lipinski definition) is 12. The van der Waals surface area contributed by atoms with Crippen molar-refractivity contribution in [1.29, 1.82) is 0 Å². The zero-order valence-electron chi connectivity index (χ0n) is 36.5. The van der Waals surface area contributed by atoms with Crippen LogP contribution in [0.25, 0.3) is 0 Å².